The zero-order chi connectivity index (χ0) is 23.7. The van der Waals surface area contributed by atoms with Crippen LogP contribution >= 0.6 is 0 Å². The largest absolute Gasteiger partial charge is 0.488 e. The molecule has 0 fully saturated rings. The van der Waals surface area contributed by atoms with Crippen LogP contribution in [0.4, 0.5) is 10.5 Å². The lowest BCUT2D eigenvalue weighted by molar-refractivity contribution is -0.136. The summed E-state index contributed by atoms with van der Waals surface area (Å²) in [6.45, 7) is 1.78. The Kier molecular flexibility index (Phi) is 6.22. The molecule has 0 radical (unpaired) electrons. The van der Waals surface area contributed by atoms with Crippen LogP contribution in [0.1, 0.15) is 28.2 Å². The van der Waals surface area contributed by atoms with Crippen molar-refractivity contribution in [2.45, 2.75) is 19.3 Å². The quantitative estimate of drug-likeness (QED) is 0.504. The number of carbonyl (C=O) groups is 2. The van der Waals surface area contributed by atoms with Crippen LogP contribution in [0.3, 0.4) is 0 Å². The lowest BCUT2D eigenvalue weighted by Crippen LogP contribution is -2.36. The number of aliphatic carboxylic acids is 1. The van der Waals surface area contributed by atoms with E-state index < -0.39 is 19.2 Å². The van der Waals surface area contributed by atoms with Crippen LogP contribution in [0.5, 0.6) is 0 Å². The van der Waals surface area contributed by atoms with Gasteiger partial charge in [0.25, 0.3) is 0 Å². The van der Waals surface area contributed by atoms with Crippen molar-refractivity contribution in [2.75, 3.05) is 18.6 Å². The van der Waals surface area contributed by atoms with Gasteiger partial charge in [-0.25, -0.2) is 4.79 Å². The Balaban J connectivity index is 1.58. The molecule has 0 unspecified atom stereocenters. The fourth-order valence-corrected chi connectivity index (χ4v) is 4.46. The van der Waals surface area contributed by atoms with E-state index in [0.717, 1.165) is 22.3 Å². The highest BCUT2D eigenvalue weighted by molar-refractivity contribution is 6.59. The highest BCUT2D eigenvalue weighted by Gasteiger charge is 2.30. The van der Waals surface area contributed by atoms with E-state index in [9.17, 15) is 19.6 Å². The van der Waals surface area contributed by atoms with Crippen molar-refractivity contribution in [2.24, 2.45) is 0 Å². The number of ether oxygens (including phenoxy) is 1. The number of amides is 1. The highest BCUT2D eigenvalue weighted by Crippen LogP contribution is 2.44. The first-order chi connectivity index (χ1) is 15.8. The van der Waals surface area contributed by atoms with E-state index in [2.05, 4.69) is 12.1 Å². The van der Waals surface area contributed by atoms with Gasteiger partial charge in [0.2, 0.25) is 0 Å². The molecule has 33 heavy (non-hydrogen) atoms. The first kappa shape index (κ1) is 22.6. The van der Waals surface area contributed by atoms with Crippen molar-refractivity contribution in [1.82, 2.24) is 0 Å². The predicted molar refractivity (Wildman–Crippen MR) is 126 cm³/mol. The van der Waals surface area contributed by atoms with Crippen molar-refractivity contribution in [3.63, 3.8) is 0 Å². The van der Waals surface area contributed by atoms with Gasteiger partial charge in [0, 0.05) is 18.7 Å². The number of carboxylic acid groups (broad SMARTS) is 1. The Morgan fingerprint density at radius 1 is 1.00 bits per heavy atom. The summed E-state index contributed by atoms with van der Waals surface area (Å²) in [5.41, 5.74) is 5.75. The molecule has 0 aliphatic heterocycles. The van der Waals surface area contributed by atoms with Gasteiger partial charge in [0.1, 0.15) is 6.61 Å². The second kappa shape index (κ2) is 9.09. The Hall–Kier alpha value is -3.62. The molecule has 1 aliphatic rings. The van der Waals surface area contributed by atoms with Gasteiger partial charge in [-0.1, -0.05) is 54.6 Å². The van der Waals surface area contributed by atoms with Gasteiger partial charge in [0.15, 0.2) is 0 Å². The molecule has 0 aromatic heterocycles. The molecule has 0 heterocycles. The fourth-order valence-electron chi connectivity index (χ4n) is 4.46. The van der Waals surface area contributed by atoms with Gasteiger partial charge >= 0.3 is 19.2 Å². The third-order valence-electron chi connectivity index (χ3n) is 6.09. The maximum Gasteiger partial charge on any atom is 0.488 e. The minimum absolute atomic E-state index is 0.0935. The summed E-state index contributed by atoms with van der Waals surface area (Å²) in [5, 5.41) is 28.6. The number of nitrogens with zero attached hydrogens (tertiary/aromatic N) is 1. The number of benzene rings is 3. The molecule has 0 saturated heterocycles. The SMILES string of the molecule is Cc1c(B(O)O)cc(CC(=O)O)cc1N(C)C(=O)OCC1c2ccccc2-c2ccccc21. The summed E-state index contributed by atoms with van der Waals surface area (Å²) in [4.78, 5) is 25.4. The fraction of sp³-hybridized carbons (Fsp3) is 0.200. The molecular formula is C25H24BNO6. The third kappa shape index (κ3) is 4.35. The lowest BCUT2D eigenvalue weighted by Gasteiger charge is -2.23. The summed E-state index contributed by atoms with van der Waals surface area (Å²) in [7, 11) is -0.285. The van der Waals surface area contributed by atoms with Crippen LogP contribution in [0.15, 0.2) is 60.7 Å². The molecule has 8 heteroatoms. The van der Waals surface area contributed by atoms with E-state index in [1.54, 1.807) is 13.0 Å². The van der Waals surface area contributed by atoms with Crippen LogP contribution in [-0.2, 0) is 16.0 Å². The molecule has 3 N–H and O–H groups in total. The van der Waals surface area contributed by atoms with Crippen molar-refractivity contribution >= 4 is 30.3 Å². The van der Waals surface area contributed by atoms with E-state index >= 15 is 0 Å². The number of carbonyl (C=O) groups excluding carboxylic acids is 1. The van der Waals surface area contributed by atoms with Gasteiger partial charge in [-0.3, -0.25) is 9.69 Å². The molecule has 168 valence electrons. The summed E-state index contributed by atoms with van der Waals surface area (Å²) < 4.78 is 5.68. The normalized spacial score (nSPS) is 12.1. The molecule has 1 aliphatic carbocycles. The topological polar surface area (TPSA) is 107 Å². The number of carboxylic acids is 1. The second-order valence-corrected chi connectivity index (χ2v) is 8.14. The monoisotopic (exact) mass is 445 g/mol. The van der Waals surface area contributed by atoms with E-state index in [1.165, 1.54) is 18.0 Å². The Morgan fingerprint density at radius 3 is 2.12 bits per heavy atom. The van der Waals surface area contributed by atoms with Gasteiger partial charge in [0.05, 0.1) is 6.42 Å². The summed E-state index contributed by atoms with van der Waals surface area (Å²) in [6.07, 6.45) is -0.934. The van der Waals surface area contributed by atoms with Crippen LogP contribution in [-0.4, -0.2) is 48.0 Å². The van der Waals surface area contributed by atoms with Crippen LogP contribution < -0.4 is 10.4 Å². The third-order valence-corrected chi connectivity index (χ3v) is 6.09. The lowest BCUT2D eigenvalue weighted by atomic mass is 9.75. The smallest absolute Gasteiger partial charge is 0.481 e. The number of fused-ring (bicyclic) bond motifs is 3. The van der Waals surface area contributed by atoms with Gasteiger partial charge in [-0.2, -0.15) is 0 Å². The van der Waals surface area contributed by atoms with Gasteiger partial charge in [-0.15, -0.1) is 0 Å². The molecule has 0 atom stereocenters. The zero-order valence-electron chi connectivity index (χ0n) is 18.4. The molecule has 0 bridgehead atoms. The molecule has 1 amide bonds. The van der Waals surface area contributed by atoms with Crippen LogP contribution in [0.2, 0.25) is 0 Å². The molecule has 3 aromatic rings. The van der Waals surface area contributed by atoms with Crippen molar-refractivity contribution in [3.05, 3.63) is 82.9 Å². The predicted octanol–water partition coefficient (Wildman–Crippen LogP) is 2.69. The van der Waals surface area contributed by atoms with E-state index in [1.807, 2.05) is 36.4 Å². The second-order valence-electron chi connectivity index (χ2n) is 8.14. The Morgan fingerprint density at radius 2 is 1.58 bits per heavy atom. The molecule has 7 nitrogen and oxygen atoms in total. The van der Waals surface area contributed by atoms with E-state index in [0.29, 0.717) is 16.8 Å². The minimum atomic E-state index is -1.80. The van der Waals surface area contributed by atoms with E-state index in [4.69, 9.17) is 9.84 Å². The first-order valence-electron chi connectivity index (χ1n) is 10.6. The molecule has 3 aromatic carbocycles. The van der Waals surface area contributed by atoms with Crippen LogP contribution in [0.25, 0.3) is 11.1 Å². The number of hydrogen-bond acceptors (Lipinski definition) is 5. The highest BCUT2D eigenvalue weighted by atomic mass is 16.6. The standard InChI is InChI=1S/C25H24BNO6/c1-15-22(26(31)32)11-16(13-24(28)29)12-23(15)27(2)25(30)33-14-21-19-9-5-3-7-17(19)18-8-4-6-10-20(18)21/h3-12,21,31-32H,13-14H2,1-2H3,(H,28,29). The van der Waals surface area contributed by atoms with E-state index in [-0.39, 0.29) is 24.4 Å². The van der Waals surface area contributed by atoms with Crippen molar-refractivity contribution < 1.29 is 29.5 Å². The maximum atomic E-state index is 13.0. The average molecular weight is 445 g/mol. The van der Waals surface area contributed by atoms with Crippen molar-refractivity contribution in [1.29, 1.82) is 0 Å². The van der Waals surface area contributed by atoms with Crippen LogP contribution in [0, 0.1) is 6.92 Å². The molecule has 0 saturated carbocycles. The summed E-state index contributed by atoms with van der Waals surface area (Å²) in [5.74, 6) is -1.16. The Bertz CT molecular complexity index is 1180. The Labute approximate surface area is 192 Å². The first-order valence-corrected chi connectivity index (χ1v) is 10.6. The number of hydrogen-bond donors (Lipinski definition) is 3. The molecule has 0 spiro atoms. The average Bonchev–Trinajstić information content (AvgIpc) is 3.11. The van der Waals surface area contributed by atoms with Crippen molar-refractivity contribution in [3.8, 4) is 11.1 Å². The molecule has 4 rings (SSSR count). The number of anilines is 1. The molecular weight excluding hydrogens is 421 g/mol. The van der Waals surface area contributed by atoms with Gasteiger partial charge in [-0.05, 0) is 51.8 Å². The summed E-state index contributed by atoms with van der Waals surface area (Å²) in [6, 6.07) is 19.0. The maximum absolute atomic E-state index is 13.0. The van der Waals surface area contributed by atoms with Gasteiger partial charge < -0.3 is 19.9 Å². The number of rotatable bonds is 6. The summed E-state index contributed by atoms with van der Waals surface area (Å²) >= 11 is 0. The zero-order valence-corrected chi connectivity index (χ0v) is 18.4. The minimum Gasteiger partial charge on any atom is -0.481 e.